The van der Waals surface area contributed by atoms with E-state index < -0.39 is 5.60 Å². The topological polar surface area (TPSA) is 75.6 Å². The molecule has 0 radical (unpaired) electrons. The molecule has 2 aromatic heterocycles. The van der Waals surface area contributed by atoms with Crippen LogP contribution in [-0.4, -0.2) is 44.6 Å². The molecule has 1 N–H and O–H groups in total. The van der Waals surface area contributed by atoms with E-state index in [9.17, 15) is 9.90 Å². The van der Waals surface area contributed by atoms with Crippen molar-refractivity contribution in [2.75, 3.05) is 13.1 Å². The maximum Gasteiger partial charge on any atom is 0.255 e. The normalized spacial score (nSPS) is 18.0. The first-order valence-electron chi connectivity index (χ1n) is 10.1. The Morgan fingerprint density at radius 2 is 2.00 bits per heavy atom. The van der Waals surface area contributed by atoms with Crippen molar-refractivity contribution in [1.29, 1.82) is 0 Å². The van der Waals surface area contributed by atoms with Crippen LogP contribution in [0.5, 0.6) is 0 Å². The summed E-state index contributed by atoms with van der Waals surface area (Å²) in [4.78, 5) is 23.7. The molecule has 2 aromatic rings. The molecule has 1 saturated heterocycles. The van der Waals surface area contributed by atoms with E-state index in [4.69, 9.17) is 4.74 Å². The van der Waals surface area contributed by atoms with Crippen LogP contribution in [0, 0.1) is 5.92 Å². The van der Waals surface area contributed by atoms with E-state index in [0.29, 0.717) is 36.0 Å². The van der Waals surface area contributed by atoms with Gasteiger partial charge in [-0.25, -0.2) is 9.97 Å². The summed E-state index contributed by atoms with van der Waals surface area (Å²) in [7, 11) is 0. The predicted molar refractivity (Wildman–Crippen MR) is 119 cm³/mol. The van der Waals surface area contributed by atoms with Gasteiger partial charge in [-0.05, 0) is 52.2 Å². The van der Waals surface area contributed by atoms with Crippen LogP contribution in [0.4, 0.5) is 0 Å². The quantitative estimate of drug-likeness (QED) is 0.679. The molecule has 6 nitrogen and oxygen atoms in total. The van der Waals surface area contributed by atoms with Crippen LogP contribution in [0.25, 0.3) is 11.4 Å². The third kappa shape index (κ3) is 4.96. The van der Waals surface area contributed by atoms with E-state index >= 15 is 0 Å². The Hall–Kier alpha value is -2.51. The summed E-state index contributed by atoms with van der Waals surface area (Å²) in [5, 5.41) is 14.0. The zero-order valence-electron chi connectivity index (χ0n) is 18.0. The van der Waals surface area contributed by atoms with Gasteiger partial charge in [0.1, 0.15) is 11.5 Å². The molecule has 1 atom stereocenters. The van der Waals surface area contributed by atoms with Crippen molar-refractivity contribution in [3.05, 3.63) is 58.5 Å². The van der Waals surface area contributed by atoms with Gasteiger partial charge < -0.3 is 14.7 Å². The number of carbonyl (C=O) groups is 1. The van der Waals surface area contributed by atoms with Crippen molar-refractivity contribution in [2.24, 2.45) is 5.92 Å². The average Bonchev–Trinajstić information content (AvgIpc) is 3.22. The van der Waals surface area contributed by atoms with Gasteiger partial charge in [-0.3, -0.25) is 4.79 Å². The molecule has 1 aliphatic heterocycles. The first kappa shape index (κ1) is 22.2. The van der Waals surface area contributed by atoms with Gasteiger partial charge in [-0.1, -0.05) is 6.58 Å². The number of thiophene rings is 1. The summed E-state index contributed by atoms with van der Waals surface area (Å²) in [5.41, 5.74) is 1.21. The van der Waals surface area contributed by atoms with E-state index in [2.05, 4.69) is 16.5 Å². The fraction of sp³-hybridized carbons (Fsp3) is 0.435. The molecule has 1 fully saturated rings. The van der Waals surface area contributed by atoms with Crippen LogP contribution in [0.3, 0.4) is 0 Å². The summed E-state index contributed by atoms with van der Waals surface area (Å²) >= 11 is 1.47. The van der Waals surface area contributed by atoms with Crippen molar-refractivity contribution in [1.82, 2.24) is 14.9 Å². The molecule has 3 rings (SSSR count). The van der Waals surface area contributed by atoms with Gasteiger partial charge in [0.2, 0.25) is 0 Å². The molecular weight excluding hydrogens is 398 g/mol. The number of likely N-dealkylation sites (tertiary alicyclic amines) is 1. The van der Waals surface area contributed by atoms with Crippen LogP contribution >= 0.6 is 11.3 Å². The van der Waals surface area contributed by atoms with Crippen LogP contribution in [0.15, 0.2) is 52.9 Å². The van der Waals surface area contributed by atoms with Crippen LogP contribution in [0.1, 0.15) is 50.9 Å². The van der Waals surface area contributed by atoms with Crippen molar-refractivity contribution < 1.29 is 14.6 Å². The lowest BCUT2D eigenvalue weighted by atomic mass is 9.95. The molecule has 0 aliphatic carbocycles. The second-order valence-electron chi connectivity index (χ2n) is 8.17. The minimum Gasteiger partial charge on any atom is -0.467 e. The predicted octanol–water partition coefficient (Wildman–Crippen LogP) is 4.65. The molecule has 0 aromatic carbocycles. The zero-order valence-corrected chi connectivity index (χ0v) is 18.8. The molecule has 1 aliphatic rings. The Morgan fingerprint density at radius 1 is 1.30 bits per heavy atom. The van der Waals surface area contributed by atoms with Gasteiger partial charge in [0.25, 0.3) is 5.91 Å². The minimum atomic E-state index is -0.951. The number of aromatic nitrogens is 2. The minimum absolute atomic E-state index is 0.0175. The van der Waals surface area contributed by atoms with E-state index in [1.807, 2.05) is 29.5 Å². The summed E-state index contributed by atoms with van der Waals surface area (Å²) in [6.07, 6.45) is 5.15. The van der Waals surface area contributed by atoms with Crippen molar-refractivity contribution in [2.45, 2.75) is 46.1 Å². The number of nitrogens with zero attached hydrogens (tertiary/aromatic N) is 3. The number of rotatable bonds is 6. The van der Waals surface area contributed by atoms with Gasteiger partial charge >= 0.3 is 0 Å². The summed E-state index contributed by atoms with van der Waals surface area (Å²) < 4.78 is 5.96. The highest BCUT2D eigenvalue weighted by molar-refractivity contribution is 7.08. The third-order valence-corrected chi connectivity index (χ3v) is 6.34. The second kappa shape index (κ2) is 9.10. The Balaban J connectivity index is 1.72. The Bertz CT molecular complexity index is 944. The van der Waals surface area contributed by atoms with Crippen LogP contribution < -0.4 is 0 Å². The second-order valence-corrected chi connectivity index (χ2v) is 8.91. The maximum atomic E-state index is 13.2. The number of amides is 1. The molecule has 0 saturated carbocycles. The Labute approximate surface area is 181 Å². The molecule has 3 heterocycles. The molecule has 30 heavy (non-hydrogen) atoms. The summed E-state index contributed by atoms with van der Waals surface area (Å²) in [6, 6.07) is 1.76. The highest BCUT2D eigenvalue weighted by atomic mass is 32.1. The van der Waals surface area contributed by atoms with E-state index in [0.717, 1.165) is 24.0 Å². The molecular formula is C23H29N3O3S. The largest absolute Gasteiger partial charge is 0.467 e. The van der Waals surface area contributed by atoms with Gasteiger partial charge in [-0.15, -0.1) is 0 Å². The fourth-order valence-corrected chi connectivity index (χ4v) is 4.26. The third-order valence-electron chi connectivity index (χ3n) is 5.59. The van der Waals surface area contributed by atoms with Gasteiger partial charge in [-0.2, -0.15) is 11.3 Å². The number of carbonyl (C=O) groups excluding carboxylic acids is 1. The summed E-state index contributed by atoms with van der Waals surface area (Å²) in [5.74, 6) is 1.87. The van der Waals surface area contributed by atoms with Crippen molar-refractivity contribution in [3.63, 3.8) is 0 Å². The first-order valence-corrected chi connectivity index (χ1v) is 11.0. The molecule has 1 unspecified atom stereocenters. The van der Waals surface area contributed by atoms with E-state index in [1.165, 1.54) is 11.3 Å². The van der Waals surface area contributed by atoms with Gasteiger partial charge in [0, 0.05) is 47.7 Å². The Morgan fingerprint density at radius 3 is 2.67 bits per heavy atom. The fourth-order valence-electron chi connectivity index (χ4n) is 3.46. The highest BCUT2D eigenvalue weighted by Crippen LogP contribution is 2.31. The first-order chi connectivity index (χ1) is 14.2. The van der Waals surface area contributed by atoms with E-state index in [-0.39, 0.29) is 11.8 Å². The molecule has 160 valence electrons. The van der Waals surface area contributed by atoms with Crippen molar-refractivity contribution in [3.8, 4) is 11.4 Å². The molecule has 0 spiro atoms. The van der Waals surface area contributed by atoms with E-state index in [1.54, 1.807) is 32.3 Å². The maximum absolute atomic E-state index is 13.2. The Kier molecular flexibility index (Phi) is 6.73. The number of ether oxygens (including phenoxy) is 1. The van der Waals surface area contributed by atoms with Gasteiger partial charge in [0.15, 0.2) is 5.82 Å². The van der Waals surface area contributed by atoms with Crippen molar-refractivity contribution >= 4 is 17.2 Å². The van der Waals surface area contributed by atoms with Crippen LogP contribution in [0.2, 0.25) is 0 Å². The molecule has 7 heteroatoms. The lowest BCUT2D eigenvalue weighted by Crippen LogP contribution is -2.40. The van der Waals surface area contributed by atoms with Crippen LogP contribution in [-0.2, 0) is 4.74 Å². The lowest BCUT2D eigenvalue weighted by Gasteiger charge is -2.34. The average molecular weight is 428 g/mol. The summed E-state index contributed by atoms with van der Waals surface area (Å²) in [6.45, 7) is 12.5. The molecule has 0 bridgehead atoms. The monoisotopic (exact) mass is 427 g/mol. The zero-order chi connectivity index (χ0) is 21.9. The number of piperidine rings is 1. The molecule has 1 amide bonds. The number of hydrogen-bond donors (Lipinski definition) is 1. The lowest BCUT2D eigenvalue weighted by molar-refractivity contribution is 0.0660. The number of allylic oxidation sites excluding steroid dienone is 1. The SMILES string of the molecule is C=C(O/C(C)=C(\C)C(C)(C)O)C1CCCN(C(=O)c2cscc2-c2ncccn2)C1. The number of aliphatic hydroxyl groups is 1. The highest BCUT2D eigenvalue weighted by Gasteiger charge is 2.29. The number of hydrogen-bond acceptors (Lipinski definition) is 6. The smallest absolute Gasteiger partial charge is 0.255 e. The van der Waals surface area contributed by atoms with Gasteiger partial charge in [0.05, 0.1) is 11.2 Å². The standard InChI is InChI=1S/C23H29N3O3S/c1-15(23(4,5)28)16(2)29-17(3)18-8-6-11-26(12-18)22(27)20-14-30-13-19(20)21-24-9-7-10-25-21/h7,9-10,13-14,18,28H,3,6,8,11-12H2,1-2,4-5H3/b16-15+.